The third-order valence-corrected chi connectivity index (χ3v) is 4.97. The van der Waals surface area contributed by atoms with Crippen LogP contribution >= 0.6 is 0 Å². The smallest absolute Gasteiger partial charge is 0.414 e. The first-order chi connectivity index (χ1) is 15.2. The summed E-state index contributed by atoms with van der Waals surface area (Å²) in [6, 6.07) is 13.7. The molecule has 0 saturated carbocycles. The van der Waals surface area contributed by atoms with Crippen LogP contribution in [0.5, 0.6) is 5.75 Å². The van der Waals surface area contributed by atoms with Gasteiger partial charge in [0.25, 0.3) is 0 Å². The van der Waals surface area contributed by atoms with Crippen molar-refractivity contribution in [1.82, 2.24) is 0 Å². The summed E-state index contributed by atoms with van der Waals surface area (Å²) in [7, 11) is 1.36. The minimum atomic E-state index is -0.621. The number of carbonyl (C=O) groups excluding carboxylic acids is 2. The molecule has 1 heterocycles. The molecule has 0 saturated heterocycles. The van der Waals surface area contributed by atoms with Crippen LogP contribution in [0.1, 0.15) is 46.1 Å². The predicted octanol–water partition coefficient (Wildman–Crippen LogP) is 5.84. The molecule has 1 amide bonds. The highest BCUT2D eigenvalue weighted by Gasteiger charge is 2.28. The van der Waals surface area contributed by atoms with Crippen molar-refractivity contribution in [3.63, 3.8) is 0 Å². The van der Waals surface area contributed by atoms with Gasteiger partial charge in [-0.3, -0.25) is 4.90 Å². The fourth-order valence-corrected chi connectivity index (χ4v) is 3.47. The number of carbonyl (C=O) groups is 2. The zero-order valence-electron chi connectivity index (χ0n) is 19.4. The first-order valence-electron chi connectivity index (χ1n) is 10.9. The SMILES string of the molecule is CCCOc1ccc(-c2ccc3c(c2)C=C(C(=O)OC)CCN3C(=O)OC(C)(C)C)cc1. The highest BCUT2D eigenvalue weighted by molar-refractivity contribution is 5.99. The summed E-state index contributed by atoms with van der Waals surface area (Å²) in [5, 5.41) is 0. The summed E-state index contributed by atoms with van der Waals surface area (Å²) >= 11 is 0. The van der Waals surface area contributed by atoms with Crippen molar-refractivity contribution >= 4 is 23.8 Å². The zero-order chi connectivity index (χ0) is 23.3. The highest BCUT2D eigenvalue weighted by Crippen LogP contribution is 2.34. The van der Waals surface area contributed by atoms with E-state index in [1.165, 1.54) is 7.11 Å². The van der Waals surface area contributed by atoms with E-state index in [-0.39, 0.29) is 0 Å². The number of benzene rings is 2. The molecule has 2 aromatic carbocycles. The molecule has 170 valence electrons. The number of nitrogens with zero attached hydrogens (tertiary/aromatic N) is 1. The maximum atomic E-state index is 12.9. The Bertz CT molecular complexity index is 1000. The fraction of sp³-hybridized carbons (Fsp3) is 0.385. The second kappa shape index (κ2) is 9.90. The lowest BCUT2D eigenvalue weighted by atomic mass is 10.0. The maximum Gasteiger partial charge on any atom is 0.414 e. The van der Waals surface area contributed by atoms with E-state index >= 15 is 0 Å². The second-order valence-corrected chi connectivity index (χ2v) is 8.69. The van der Waals surface area contributed by atoms with Crippen LogP contribution in [0.2, 0.25) is 0 Å². The third kappa shape index (κ3) is 5.69. The molecule has 6 nitrogen and oxygen atoms in total. The second-order valence-electron chi connectivity index (χ2n) is 8.69. The van der Waals surface area contributed by atoms with E-state index in [1.54, 1.807) is 11.0 Å². The van der Waals surface area contributed by atoms with Gasteiger partial charge in [0.15, 0.2) is 0 Å². The topological polar surface area (TPSA) is 65.1 Å². The van der Waals surface area contributed by atoms with Gasteiger partial charge in [-0.2, -0.15) is 0 Å². The Morgan fingerprint density at radius 3 is 2.34 bits per heavy atom. The molecule has 0 radical (unpaired) electrons. The molecule has 1 aliphatic heterocycles. The maximum absolute atomic E-state index is 12.9. The van der Waals surface area contributed by atoms with Crippen molar-refractivity contribution < 1.29 is 23.8 Å². The molecule has 0 bridgehead atoms. The molecule has 0 fully saturated rings. The van der Waals surface area contributed by atoms with Crippen LogP contribution < -0.4 is 9.64 Å². The van der Waals surface area contributed by atoms with Crippen molar-refractivity contribution in [3.05, 3.63) is 53.6 Å². The molecule has 0 unspecified atom stereocenters. The van der Waals surface area contributed by atoms with E-state index in [0.29, 0.717) is 30.8 Å². The molecule has 0 spiro atoms. The van der Waals surface area contributed by atoms with Gasteiger partial charge in [0.05, 0.1) is 19.4 Å². The number of fused-ring (bicyclic) bond motifs is 1. The number of rotatable bonds is 5. The summed E-state index contributed by atoms with van der Waals surface area (Å²) in [6.07, 6.45) is 2.69. The summed E-state index contributed by atoms with van der Waals surface area (Å²) in [5.74, 6) is 0.430. The van der Waals surface area contributed by atoms with Crippen LogP contribution in [0.15, 0.2) is 48.0 Å². The first kappa shape index (κ1) is 23.4. The number of ether oxygens (including phenoxy) is 3. The van der Waals surface area contributed by atoms with Gasteiger partial charge < -0.3 is 14.2 Å². The Hall–Kier alpha value is -3.28. The Kier molecular flexibility index (Phi) is 7.23. The quantitative estimate of drug-likeness (QED) is 0.550. The molecule has 0 N–H and O–H groups in total. The van der Waals surface area contributed by atoms with Gasteiger partial charge in [-0.15, -0.1) is 0 Å². The number of anilines is 1. The summed E-state index contributed by atoms with van der Waals surface area (Å²) < 4.78 is 16.2. The minimum Gasteiger partial charge on any atom is -0.494 e. The molecule has 32 heavy (non-hydrogen) atoms. The number of hydrogen-bond donors (Lipinski definition) is 0. The average molecular weight is 438 g/mol. The van der Waals surface area contributed by atoms with E-state index in [1.807, 2.05) is 63.2 Å². The van der Waals surface area contributed by atoms with Gasteiger partial charge in [0.1, 0.15) is 11.4 Å². The van der Waals surface area contributed by atoms with E-state index in [9.17, 15) is 9.59 Å². The lowest BCUT2D eigenvalue weighted by Crippen LogP contribution is -2.37. The molecule has 3 rings (SSSR count). The van der Waals surface area contributed by atoms with Gasteiger partial charge >= 0.3 is 12.1 Å². The third-order valence-electron chi connectivity index (χ3n) is 4.97. The van der Waals surface area contributed by atoms with Crippen molar-refractivity contribution in [1.29, 1.82) is 0 Å². The highest BCUT2D eigenvalue weighted by atomic mass is 16.6. The minimum absolute atomic E-state index is 0.325. The van der Waals surface area contributed by atoms with Crippen LogP contribution in [-0.4, -0.2) is 37.9 Å². The fourth-order valence-electron chi connectivity index (χ4n) is 3.47. The standard InChI is InChI=1S/C26H31NO5/c1-6-15-31-22-10-7-18(8-11-22)19-9-12-23-21(16-19)17-20(24(28)30-5)13-14-27(23)25(29)32-26(2,3)4/h7-12,16-17H,6,13-15H2,1-5H3. The van der Waals surface area contributed by atoms with Gasteiger partial charge in [-0.05, 0) is 80.6 Å². The molecule has 0 aliphatic carbocycles. The number of methoxy groups -OCH3 is 1. The first-order valence-corrected chi connectivity index (χ1v) is 10.9. The lowest BCUT2D eigenvalue weighted by molar-refractivity contribution is -0.136. The van der Waals surface area contributed by atoms with Crippen molar-refractivity contribution in [2.24, 2.45) is 0 Å². The molecule has 0 aromatic heterocycles. The van der Waals surface area contributed by atoms with Gasteiger partial charge in [0, 0.05) is 12.1 Å². The largest absolute Gasteiger partial charge is 0.494 e. The Morgan fingerprint density at radius 2 is 1.72 bits per heavy atom. The summed E-state index contributed by atoms with van der Waals surface area (Å²) in [5.41, 5.74) is 3.33. The van der Waals surface area contributed by atoms with E-state index in [4.69, 9.17) is 14.2 Å². The van der Waals surface area contributed by atoms with Crippen LogP contribution in [0, 0.1) is 0 Å². The molecule has 1 aliphatic rings. The van der Waals surface area contributed by atoms with Crippen molar-refractivity contribution in [2.45, 2.75) is 46.1 Å². The van der Waals surface area contributed by atoms with E-state index < -0.39 is 17.7 Å². The molecular formula is C26H31NO5. The predicted molar refractivity (Wildman–Crippen MR) is 126 cm³/mol. The van der Waals surface area contributed by atoms with Crippen LogP contribution in [0.3, 0.4) is 0 Å². The summed E-state index contributed by atoms with van der Waals surface area (Å²) in [4.78, 5) is 26.8. The molecule has 2 aromatic rings. The Balaban J connectivity index is 1.99. The van der Waals surface area contributed by atoms with Crippen LogP contribution in [0.4, 0.5) is 10.5 Å². The van der Waals surface area contributed by atoms with Crippen molar-refractivity contribution in [3.8, 4) is 16.9 Å². The van der Waals surface area contributed by atoms with Gasteiger partial charge in [-0.25, -0.2) is 9.59 Å². The summed E-state index contributed by atoms with van der Waals surface area (Å²) in [6.45, 7) is 8.57. The molecule has 6 heteroatoms. The van der Waals surface area contributed by atoms with Gasteiger partial charge in [0.2, 0.25) is 0 Å². The van der Waals surface area contributed by atoms with Crippen molar-refractivity contribution in [2.75, 3.05) is 25.2 Å². The monoisotopic (exact) mass is 437 g/mol. The zero-order valence-corrected chi connectivity index (χ0v) is 19.4. The number of esters is 1. The number of amides is 1. The van der Waals surface area contributed by atoms with Gasteiger partial charge in [-0.1, -0.05) is 25.1 Å². The Morgan fingerprint density at radius 1 is 1.03 bits per heavy atom. The van der Waals surface area contributed by atoms with Crippen LogP contribution in [0.25, 0.3) is 17.2 Å². The molecule has 0 atom stereocenters. The molecular weight excluding hydrogens is 406 g/mol. The Labute approximate surface area is 189 Å². The lowest BCUT2D eigenvalue weighted by Gasteiger charge is -2.27. The van der Waals surface area contributed by atoms with Crippen LogP contribution in [-0.2, 0) is 14.3 Å². The normalized spacial score (nSPS) is 13.5. The number of hydrogen-bond acceptors (Lipinski definition) is 5. The van der Waals surface area contributed by atoms with E-state index in [0.717, 1.165) is 28.9 Å². The van der Waals surface area contributed by atoms with E-state index in [2.05, 4.69) is 6.92 Å². The average Bonchev–Trinajstić information content (AvgIpc) is 2.95.